The monoisotopic (exact) mass is 282 g/mol. The maximum absolute atomic E-state index is 11.7. The Morgan fingerprint density at radius 3 is 2.50 bits per heavy atom. The Morgan fingerprint density at radius 2 is 1.95 bits per heavy atom. The summed E-state index contributed by atoms with van der Waals surface area (Å²) >= 11 is 0. The van der Waals surface area contributed by atoms with Crippen molar-refractivity contribution in [2.45, 2.75) is 82.8 Å². The highest BCUT2D eigenvalue weighted by atomic mass is 16.4. The van der Waals surface area contributed by atoms with Crippen molar-refractivity contribution in [1.82, 2.24) is 10.2 Å². The van der Waals surface area contributed by atoms with Gasteiger partial charge in [-0.2, -0.15) is 0 Å². The zero-order chi connectivity index (χ0) is 14.6. The lowest BCUT2D eigenvalue weighted by atomic mass is 9.96. The molecule has 0 radical (unpaired) electrons. The molecule has 0 bridgehead atoms. The summed E-state index contributed by atoms with van der Waals surface area (Å²) in [5, 5.41) is 13.0. The smallest absolute Gasteiger partial charge is 0.323 e. The number of aliphatic carboxylic acids is 1. The van der Waals surface area contributed by atoms with Crippen LogP contribution in [0, 0.1) is 0 Å². The average Bonchev–Trinajstić information content (AvgIpc) is 3.08. The molecule has 4 nitrogen and oxygen atoms in total. The van der Waals surface area contributed by atoms with Gasteiger partial charge >= 0.3 is 5.97 Å². The topological polar surface area (TPSA) is 52.6 Å². The van der Waals surface area contributed by atoms with Crippen molar-refractivity contribution in [3.8, 4) is 0 Å². The minimum atomic E-state index is -0.674. The molecule has 2 N–H and O–H groups in total. The zero-order valence-electron chi connectivity index (χ0n) is 13.0. The van der Waals surface area contributed by atoms with Crippen LogP contribution in [0.25, 0.3) is 0 Å². The lowest BCUT2D eigenvalue weighted by Gasteiger charge is -2.34. The summed E-state index contributed by atoms with van der Waals surface area (Å²) < 4.78 is 0. The first-order chi connectivity index (χ1) is 9.63. The van der Waals surface area contributed by atoms with E-state index in [1.54, 1.807) is 0 Å². The molecule has 2 fully saturated rings. The van der Waals surface area contributed by atoms with Gasteiger partial charge in [0, 0.05) is 12.1 Å². The van der Waals surface area contributed by atoms with E-state index in [2.05, 4.69) is 24.1 Å². The van der Waals surface area contributed by atoms with Crippen LogP contribution >= 0.6 is 0 Å². The Hall–Kier alpha value is -0.610. The number of nitrogens with zero attached hydrogens (tertiary/aromatic N) is 1. The first kappa shape index (κ1) is 15.8. The van der Waals surface area contributed by atoms with Gasteiger partial charge in [-0.15, -0.1) is 0 Å². The molecule has 0 spiro atoms. The minimum Gasteiger partial charge on any atom is -0.480 e. The van der Waals surface area contributed by atoms with Crippen LogP contribution in [0.15, 0.2) is 0 Å². The van der Waals surface area contributed by atoms with Crippen LogP contribution in [0.2, 0.25) is 0 Å². The number of rotatable bonds is 7. The van der Waals surface area contributed by atoms with Crippen molar-refractivity contribution in [2.75, 3.05) is 13.1 Å². The first-order valence-electron chi connectivity index (χ1n) is 8.37. The van der Waals surface area contributed by atoms with Crippen LogP contribution in [-0.2, 0) is 4.79 Å². The first-order valence-corrected chi connectivity index (χ1v) is 8.37. The van der Waals surface area contributed by atoms with E-state index in [0.29, 0.717) is 12.1 Å². The van der Waals surface area contributed by atoms with Gasteiger partial charge < -0.3 is 10.4 Å². The summed E-state index contributed by atoms with van der Waals surface area (Å²) in [6.45, 7) is 6.16. The SMILES string of the molecule is CCCNC1(C(=O)O)CCC(N(CC)C2CCCC2)C1. The highest BCUT2D eigenvalue weighted by molar-refractivity contribution is 5.79. The number of carboxylic acids is 1. The van der Waals surface area contributed by atoms with E-state index < -0.39 is 11.5 Å². The molecule has 2 saturated carbocycles. The highest BCUT2D eigenvalue weighted by Gasteiger charge is 2.47. The van der Waals surface area contributed by atoms with E-state index in [1.165, 1.54) is 25.7 Å². The number of hydrogen-bond donors (Lipinski definition) is 2. The molecule has 0 aromatic carbocycles. The molecule has 0 aromatic rings. The van der Waals surface area contributed by atoms with E-state index in [4.69, 9.17) is 0 Å². The second kappa shape index (κ2) is 6.90. The predicted octanol–water partition coefficient (Wildman–Crippen LogP) is 2.63. The highest BCUT2D eigenvalue weighted by Crippen LogP contribution is 2.36. The molecule has 4 heteroatoms. The quantitative estimate of drug-likeness (QED) is 0.753. The fraction of sp³-hybridized carbons (Fsp3) is 0.938. The fourth-order valence-electron chi connectivity index (χ4n) is 4.15. The third-order valence-electron chi connectivity index (χ3n) is 5.24. The minimum absolute atomic E-state index is 0.448. The van der Waals surface area contributed by atoms with E-state index in [1.807, 2.05) is 0 Å². The maximum atomic E-state index is 11.7. The van der Waals surface area contributed by atoms with Gasteiger partial charge in [0.2, 0.25) is 0 Å². The predicted molar refractivity (Wildman–Crippen MR) is 80.9 cm³/mol. The lowest BCUT2D eigenvalue weighted by Crippen LogP contribution is -2.52. The van der Waals surface area contributed by atoms with Crippen LogP contribution in [0.5, 0.6) is 0 Å². The number of carboxylic acid groups (broad SMARTS) is 1. The van der Waals surface area contributed by atoms with E-state index >= 15 is 0 Å². The summed E-state index contributed by atoms with van der Waals surface area (Å²) in [5.41, 5.74) is -0.674. The molecule has 2 atom stereocenters. The molecule has 0 aromatic heterocycles. The maximum Gasteiger partial charge on any atom is 0.323 e. The summed E-state index contributed by atoms with van der Waals surface area (Å²) in [7, 11) is 0. The van der Waals surface area contributed by atoms with Crippen molar-refractivity contribution in [1.29, 1.82) is 0 Å². The Bertz CT molecular complexity index is 328. The third kappa shape index (κ3) is 3.17. The molecule has 2 rings (SSSR count). The molecule has 0 heterocycles. The average molecular weight is 282 g/mol. The van der Waals surface area contributed by atoms with Gasteiger partial charge in [0.15, 0.2) is 0 Å². The Morgan fingerprint density at radius 1 is 1.25 bits per heavy atom. The van der Waals surface area contributed by atoms with Crippen molar-refractivity contribution < 1.29 is 9.90 Å². The summed E-state index contributed by atoms with van der Waals surface area (Å²) in [4.78, 5) is 14.3. The van der Waals surface area contributed by atoms with Crippen LogP contribution in [0.3, 0.4) is 0 Å². The van der Waals surface area contributed by atoms with Crippen molar-refractivity contribution in [3.63, 3.8) is 0 Å². The van der Waals surface area contributed by atoms with Crippen molar-refractivity contribution >= 4 is 5.97 Å². The van der Waals surface area contributed by atoms with Gasteiger partial charge in [-0.3, -0.25) is 9.69 Å². The molecule has 2 aliphatic rings. The van der Waals surface area contributed by atoms with Gasteiger partial charge in [0.25, 0.3) is 0 Å². The number of hydrogen-bond acceptors (Lipinski definition) is 3. The molecule has 2 unspecified atom stereocenters. The molecule has 116 valence electrons. The standard InChI is InChI=1S/C16H30N2O2/c1-3-11-17-16(15(19)20)10-9-14(12-16)18(4-2)13-7-5-6-8-13/h13-14,17H,3-12H2,1-2H3,(H,19,20). The molecular formula is C16H30N2O2. The van der Waals surface area contributed by atoms with E-state index in [9.17, 15) is 9.90 Å². The molecule has 0 saturated heterocycles. The molecule has 0 amide bonds. The van der Waals surface area contributed by atoms with Crippen LogP contribution in [0.1, 0.15) is 65.2 Å². The molecule has 0 aliphatic heterocycles. The Kier molecular flexibility index (Phi) is 5.44. The van der Waals surface area contributed by atoms with Gasteiger partial charge in [-0.05, 0) is 51.6 Å². The van der Waals surface area contributed by atoms with Gasteiger partial charge in [0.05, 0.1) is 0 Å². The fourth-order valence-corrected chi connectivity index (χ4v) is 4.15. The summed E-state index contributed by atoms with van der Waals surface area (Å²) in [6.07, 6.45) is 8.83. The molecule has 2 aliphatic carbocycles. The largest absolute Gasteiger partial charge is 0.480 e. The Labute approximate surface area is 122 Å². The van der Waals surface area contributed by atoms with Gasteiger partial charge in [0.1, 0.15) is 5.54 Å². The van der Waals surface area contributed by atoms with Crippen LogP contribution in [-0.4, -0.2) is 46.7 Å². The van der Waals surface area contributed by atoms with E-state index in [-0.39, 0.29) is 0 Å². The zero-order valence-corrected chi connectivity index (χ0v) is 13.0. The second-order valence-corrected chi connectivity index (χ2v) is 6.48. The second-order valence-electron chi connectivity index (χ2n) is 6.48. The molecule has 20 heavy (non-hydrogen) atoms. The summed E-state index contributed by atoms with van der Waals surface area (Å²) in [5.74, 6) is -0.657. The number of carbonyl (C=O) groups is 1. The lowest BCUT2D eigenvalue weighted by molar-refractivity contribution is -0.144. The third-order valence-corrected chi connectivity index (χ3v) is 5.24. The van der Waals surface area contributed by atoms with E-state index in [0.717, 1.165) is 38.8 Å². The van der Waals surface area contributed by atoms with Crippen molar-refractivity contribution in [2.24, 2.45) is 0 Å². The summed E-state index contributed by atoms with van der Waals surface area (Å²) in [6, 6.07) is 1.14. The normalized spacial score (nSPS) is 31.2. The van der Waals surface area contributed by atoms with Crippen LogP contribution in [0.4, 0.5) is 0 Å². The van der Waals surface area contributed by atoms with Crippen molar-refractivity contribution in [3.05, 3.63) is 0 Å². The molecular weight excluding hydrogens is 252 g/mol. The van der Waals surface area contributed by atoms with Gasteiger partial charge in [-0.25, -0.2) is 0 Å². The number of nitrogens with one attached hydrogen (secondary N) is 1. The van der Waals surface area contributed by atoms with Gasteiger partial charge in [-0.1, -0.05) is 26.7 Å². The van der Waals surface area contributed by atoms with Crippen LogP contribution < -0.4 is 5.32 Å². The Balaban J connectivity index is 2.02.